The molecule has 0 fully saturated rings. The Balaban J connectivity index is 1.24. The molecule has 0 aromatic heterocycles. The zero-order valence-corrected chi connectivity index (χ0v) is 19.9. The zero-order valence-electron chi connectivity index (χ0n) is 18.3. The van der Waals surface area contributed by atoms with Gasteiger partial charge in [0.2, 0.25) is 0 Å². The first kappa shape index (κ1) is 23.8. The van der Waals surface area contributed by atoms with Gasteiger partial charge in [-0.2, -0.15) is 0 Å². The number of fused-ring (bicyclic) bond motifs is 2. The van der Waals surface area contributed by atoms with Gasteiger partial charge in [-0.1, -0.05) is 70.1 Å². The lowest BCUT2D eigenvalue weighted by Crippen LogP contribution is -1.91. The molecule has 0 aliphatic rings. The van der Waals surface area contributed by atoms with Gasteiger partial charge < -0.3 is 20.4 Å². The van der Waals surface area contributed by atoms with Gasteiger partial charge in [-0.15, -0.1) is 0 Å². The second-order valence-corrected chi connectivity index (χ2v) is 10.2. The van der Waals surface area contributed by atoms with E-state index in [9.17, 15) is 20.4 Å². The molecule has 0 aliphatic heterocycles. The maximum absolute atomic E-state index is 10.2. The van der Waals surface area contributed by atoms with Crippen LogP contribution in [0.25, 0.3) is 21.5 Å². The van der Waals surface area contributed by atoms with Gasteiger partial charge in [-0.25, -0.2) is 0 Å². The molecule has 6 nitrogen and oxygen atoms in total. The summed E-state index contributed by atoms with van der Waals surface area (Å²) in [5, 5.41) is 43.6. The number of hydrogen-bond donors (Lipinski definition) is 4. The highest BCUT2D eigenvalue weighted by atomic mass is 33.1. The third-order valence-corrected chi connectivity index (χ3v) is 7.58. The fraction of sp³-hybridized carbons (Fsp3) is 0.154. The van der Waals surface area contributed by atoms with Gasteiger partial charge >= 0.3 is 0 Å². The summed E-state index contributed by atoms with van der Waals surface area (Å²) in [6.45, 7) is 1.15. The van der Waals surface area contributed by atoms with Crippen LogP contribution in [0.15, 0.2) is 70.6 Å². The van der Waals surface area contributed by atoms with E-state index in [1.807, 2.05) is 48.5 Å². The minimum atomic E-state index is -0.159. The first-order valence-electron chi connectivity index (χ1n) is 10.7. The van der Waals surface area contributed by atoms with Crippen molar-refractivity contribution >= 4 is 55.6 Å². The Morgan fingerprint density at radius 3 is 1.47 bits per heavy atom. The van der Waals surface area contributed by atoms with Crippen LogP contribution in [-0.4, -0.2) is 57.5 Å². The number of phenols is 4. The zero-order chi connectivity index (χ0) is 23.9. The molecule has 0 aliphatic carbocycles. The second-order valence-electron chi connectivity index (χ2n) is 7.47. The van der Waals surface area contributed by atoms with Crippen molar-refractivity contribution < 1.29 is 20.4 Å². The van der Waals surface area contributed by atoms with E-state index in [1.54, 1.807) is 46.1 Å². The lowest BCUT2D eigenvalue weighted by molar-refractivity contribution is 0.404. The molecule has 174 valence electrons. The molecule has 34 heavy (non-hydrogen) atoms. The summed E-state index contributed by atoms with van der Waals surface area (Å²) < 4.78 is 0. The van der Waals surface area contributed by atoms with E-state index in [-0.39, 0.29) is 23.0 Å². The van der Waals surface area contributed by atoms with E-state index in [4.69, 9.17) is 0 Å². The van der Waals surface area contributed by atoms with E-state index in [2.05, 4.69) is 9.98 Å². The van der Waals surface area contributed by atoms with Crippen LogP contribution in [0.5, 0.6) is 23.0 Å². The van der Waals surface area contributed by atoms with Crippen molar-refractivity contribution in [3.05, 3.63) is 71.8 Å². The van der Waals surface area contributed by atoms with Crippen LogP contribution in [0.3, 0.4) is 0 Å². The van der Waals surface area contributed by atoms with Gasteiger partial charge in [-0.3, -0.25) is 9.98 Å². The summed E-state index contributed by atoms with van der Waals surface area (Å²) in [4.78, 5) is 8.81. The van der Waals surface area contributed by atoms with Crippen molar-refractivity contribution in [2.45, 2.75) is 0 Å². The average molecular weight is 493 g/mol. The number of phenolic OH excluding ortho intramolecular Hbond substituents is 4. The number of aromatic hydroxyl groups is 4. The molecule has 0 radical (unpaired) electrons. The maximum Gasteiger partial charge on any atom is 0.167 e. The fourth-order valence-electron chi connectivity index (χ4n) is 3.57. The van der Waals surface area contributed by atoms with E-state index in [1.165, 1.54) is 0 Å². The third-order valence-electron chi connectivity index (χ3n) is 5.21. The Morgan fingerprint density at radius 2 is 1.03 bits per heavy atom. The molecule has 0 amide bonds. The minimum Gasteiger partial charge on any atom is -0.504 e. The van der Waals surface area contributed by atoms with Crippen LogP contribution in [-0.2, 0) is 0 Å². The van der Waals surface area contributed by atoms with Crippen molar-refractivity contribution in [3.8, 4) is 23.0 Å². The molecule has 0 bridgehead atoms. The van der Waals surface area contributed by atoms with Crippen LogP contribution < -0.4 is 0 Å². The summed E-state index contributed by atoms with van der Waals surface area (Å²) in [5.74, 6) is 0.955. The predicted molar refractivity (Wildman–Crippen MR) is 144 cm³/mol. The number of hydrogen-bond acceptors (Lipinski definition) is 8. The number of nitrogens with zero attached hydrogens (tertiary/aromatic N) is 2. The Labute approximate surface area is 205 Å². The fourth-order valence-corrected chi connectivity index (χ4v) is 5.32. The van der Waals surface area contributed by atoms with Crippen molar-refractivity contribution in [1.82, 2.24) is 0 Å². The van der Waals surface area contributed by atoms with Gasteiger partial charge in [0.05, 0.1) is 0 Å². The molecule has 4 N–H and O–H groups in total. The molecule has 4 aromatic carbocycles. The predicted octanol–water partition coefficient (Wildman–Crippen LogP) is 5.73. The SMILES string of the molecule is Oc1cc2ccccc2c(C=NCCSSCCN=Cc2c(O)c(O)cc3ccccc23)c1O. The van der Waals surface area contributed by atoms with Crippen LogP contribution >= 0.6 is 21.6 Å². The monoisotopic (exact) mass is 492 g/mol. The van der Waals surface area contributed by atoms with Crippen LogP contribution in [0.4, 0.5) is 0 Å². The molecule has 0 heterocycles. The third kappa shape index (κ3) is 5.40. The Hall–Kier alpha value is -3.36. The van der Waals surface area contributed by atoms with Gasteiger partial charge in [0.25, 0.3) is 0 Å². The molecule has 0 saturated carbocycles. The first-order valence-corrected chi connectivity index (χ1v) is 13.2. The minimum absolute atomic E-state index is 0.155. The number of benzene rings is 4. The smallest absolute Gasteiger partial charge is 0.167 e. The van der Waals surface area contributed by atoms with Gasteiger partial charge in [0.1, 0.15) is 0 Å². The summed E-state index contributed by atoms with van der Waals surface area (Å²) >= 11 is 0. The molecule has 0 spiro atoms. The van der Waals surface area contributed by atoms with Crippen molar-refractivity contribution in [3.63, 3.8) is 0 Å². The topological polar surface area (TPSA) is 106 Å². The maximum atomic E-state index is 10.2. The highest BCUT2D eigenvalue weighted by Gasteiger charge is 2.11. The number of rotatable bonds is 9. The van der Waals surface area contributed by atoms with E-state index in [0.29, 0.717) is 24.2 Å². The molecule has 0 atom stereocenters. The average Bonchev–Trinajstić information content (AvgIpc) is 2.84. The Bertz CT molecular complexity index is 1270. The summed E-state index contributed by atoms with van der Waals surface area (Å²) in [7, 11) is 3.36. The van der Waals surface area contributed by atoms with Crippen molar-refractivity contribution in [2.24, 2.45) is 9.98 Å². The molecule has 4 aromatic rings. The summed E-state index contributed by atoms with van der Waals surface area (Å²) in [5.41, 5.74) is 1.04. The van der Waals surface area contributed by atoms with Crippen molar-refractivity contribution in [1.29, 1.82) is 0 Å². The van der Waals surface area contributed by atoms with Gasteiger partial charge in [0.15, 0.2) is 23.0 Å². The number of aliphatic imine (C=N–C) groups is 2. The Kier molecular flexibility index (Phi) is 7.82. The van der Waals surface area contributed by atoms with Crippen molar-refractivity contribution in [2.75, 3.05) is 24.6 Å². The second kappa shape index (κ2) is 11.2. The van der Waals surface area contributed by atoms with Crippen LogP contribution in [0.1, 0.15) is 11.1 Å². The van der Waals surface area contributed by atoms with E-state index < -0.39 is 0 Å². The summed E-state index contributed by atoms with van der Waals surface area (Å²) in [6.07, 6.45) is 3.22. The van der Waals surface area contributed by atoms with E-state index in [0.717, 1.165) is 33.1 Å². The molecule has 0 saturated heterocycles. The molecular formula is C26H24N2O4S2. The molecule has 4 rings (SSSR count). The lowest BCUT2D eigenvalue weighted by Gasteiger charge is -2.07. The highest BCUT2D eigenvalue weighted by molar-refractivity contribution is 8.76. The highest BCUT2D eigenvalue weighted by Crippen LogP contribution is 2.35. The molecule has 0 unspecified atom stereocenters. The summed E-state index contributed by atoms with van der Waals surface area (Å²) in [6, 6.07) is 18.2. The quantitative estimate of drug-likeness (QED) is 0.103. The molecule has 8 heteroatoms. The molecular weight excluding hydrogens is 468 g/mol. The Morgan fingerprint density at radius 1 is 0.618 bits per heavy atom. The standard InChI is InChI=1S/C26H24N2O4S2/c29-23-13-17-5-1-3-7-19(17)21(25(23)31)15-27-9-11-33-34-12-10-28-16-22-20-8-4-2-6-18(20)14-24(30)26(22)32/h1-8,13-16,29-32H,9-12H2. The largest absolute Gasteiger partial charge is 0.504 e. The van der Waals surface area contributed by atoms with Gasteiger partial charge in [0, 0.05) is 48.2 Å². The van der Waals surface area contributed by atoms with E-state index >= 15 is 0 Å². The van der Waals surface area contributed by atoms with Gasteiger partial charge in [-0.05, 0) is 33.7 Å². The first-order chi connectivity index (χ1) is 16.6. The van der Waals surface area contributed by atoms with Crippen LogP contribution in [0, 0.1) is 0 Å². The van der Waals surface area contributed by atoms with Crippen LogP contribution in [0.2, 0.25) is 0 Å². The lowest BCUT2D eigenvalue weighted by atomic mass is 10.0. The normalized spacial score (nSPS) is 11.9.